The van der Waals surface area contributed by atoms with E-state index in [0.29, 0.717) is 13.0 Å². The van der Waals surface area contributed by atoms with Crippen molar-refractivity contribution in [2.75, 3.05) is 0 Å². The standard InChI is InChI=1S/C15H22O2/c1-4-7-13-9-8-12(5-2)10-14(13)11-17-15(16)6-3/h8-10H,4-7,11H2,1-3H3. The van der Waals surface area contributed by atoms with E-state index in [1.807, 2.05) is 6.92 Å². The highest BCUT2D eigenvalue weighted by Crippen LogP contribution is 2.16. The van der Waals surface area contributed by atoms with Crippen LogP contribution in [0.3, 0.4) is 0 Å². The van der Waals surface area contributed by atoms with Gasteiger partial charge < -0.3 is 4.74 Å². The van der Waals surface area contributed by atoms with Crippen molar-refractivity contribution >= 4 is 5.97 Å². The molecule has 2 heteroatoms. The zero-order chi connectivity index (χ0) is 12.7. The maximum atomic E-state index is 11.2. The lowest BCUT2D eigenvalue weighted by atomic mass is 10.00. The van der Waals surface area contributed by atoms with Gasteiger partial charge in [0, 0.05) is 6.42 Å². The molecule has 0 saturated carbocycles. The van der Waals surface area contributed by atoms with Gasteiger partial charge in [-0.1, -0.05) is 45.4 Å². The summed E-state index contributed by atoms with van der Waals surface area (Å²) in [5, 5.41) is 0. The molecule has 1 aromatic rings. The van der Waals surface area contributed by atoms with Crippen LogP contribution in [0.5, 0.6) is 0 Å². The van der Waals surface area contributed by atoms with E-state index in [1.54, 1.807) is 0 Å². The molecule has 2 nitrogen and oxygen atoms in total. The van der Waals surface area contributed by atoms with E-state index in [-0.39, 0.29) is 5.97 Å². The Kier molecular flexibility index (Phi) is 5.75. The summed E-state index contributed by atoms with van der Waals surface area (Å²) in [4.78, 5) is 11.2. The Morgan fingerprint density at radius 1 is 1.18 bits per heavy atom. The first kappa shape index (κ1) is 13.8. The van der Waals surface area contributed by atoms with Crippen molar-refractivity contribution in [1.82, 2.24) is 0 Å². The average molecular weight is 234 g/mol. The molecule has 1 rings (SSSR count). The fourth-order valence-electron chi connectivity index (χ4n) is 1.81. The summed E-state index contributed by atoms with van der Waals surface area (Å²) in [6.07, 6.45) is 3.61. The van der Waals surface area contributed by atoms with Gasteiger partial charge in [0.1, 0.15) is 6.61 Å². The third-order valence-electron chi connectivity index (χ3n) is 2.88. The highest BCUT2D eigenvalue weighted by molar-refractivity contribution is 5.68. The van der Waals surface area contributed by atoms with E-state index in [1.165, 1.54) is 11.1 Å². The minimum absolute atomic E-state index is 0.130. The second-order valence-electron chi connectivity index (χ2n) is 4.22. The molecule has 0 amide bonds. The predicted octanol–water partition coefficient (Wildman–Crippen LogP) is 3.65. The van der Waals surface area contributed by atoms with Crippen LogP contribution in [0.15, 0.2) is 18.2 Å². The van der Waals surface area contributed by atoms with Gasteiger partial charge in [0.25, 0.3) is 0 Å². The number of hydrogen-bond donors (Lipinski definition) is 0. The minimum Gasteiger partial charge on any atom is -0.461 e. The van der Waals surface area contributed by atoms with E-state index in [9.17, 15) is 4.79 Å². The number of aryl methyl sites for hydroxylation is 2. The first-order valence-electron chi connectivity index (χ1n) is 6.47. The minimum atomic E-state index is -0.130. The van der Waals surface area contributed by atoms with E-state index < -0.39 is 0 Å². The van der Waals surface area contributed by atoms with Gasteiger partial charge in [0.2, 0.25) is 0 Å². The van der Waals surface area contributed by atoms with Crippen molar-refractivity contribution in [2.24, 2.45) is 0 Å². The third-order valence-corrected chi connectivity index (χ3v) is 2.88. The molecule has 0 N–H and O–H groups in total. The van der Waals surface area contributed by atoms with Gasteiger partial charge in [0.05, 0.1) is 0 Å². The number of hydrogen-bond acceptors (Lipinski definition) is 2. The summed E-state index contributed by atoms with van der Waals surface area (Å²) in [5.74, 6) is -0.130. The zero-order valence-electron chi connectivity index (χ0n) is 11.1. The molecule has 0 aliphatic carbocycles. The first-order valence-corrected chi connectivity index (χ1v) is 6.47. The molecule has 1 aromatic carbocycles. The van der Waals surface area contributed by atoms with Gasteiger partial charge in [-0.3, -0.25) is 4.79 Å². The van der Waals surface area contributed by atoms with Crippen molar-refractivity contribution in [3.05, 3.63) is 34.9 Å². The number of carbonyl (C=O) groups is 1. The summed E-state index contributed by atoms with van der Waals surface area (Å²) < 4.78 is 5.22. The SMILES string of the molecule is CCCc1ccc(CC)cc1COC(=O)CC. The molecule has 0 aromatic heterocycles. The molecule has 0 saturated heterocycles. The van der Waals surface area contributed by atoms with Crippen molar-refractivity contribution in [1.29, 1.82) is 0 Å². The number of ether oxygens (including phenoxy) is 1. The van der Waals surface area contributed by atoms with Crippen LogP contribution in [0.2, 0.25) is 0 Å². The lowest BCUT2D eigenvalue weighted by molar-refractivity contribution is -0.144. The molecule has 0 unspecified atom stereocenters. The molecule has 94 valence electrons. The zero-order valence-corrected chi connectivity index (χ0v) is 11.1. The van der Waals surface area contributed by atoms with Gasteiger partial charge in [-0.25, -0.2) is 0 Å². The Labute approximate surface area is 104 Å². The normalized spacial score (nSPS) is 10.3. The van der Waals surface area contributed by atoms with Crippen LogP contribution in [-0.4, -0.2) is 5.97 Å². The molecular formula is C15H22O2. The molecule has 0 aliphatic rings. The topological polar surface area (TPSA) is 26.3 Å². The van der Waals surface area contributed by atoms with E-state index in [2.05, 4.69) is 32.0 Å². The van der Waals surface area contributed by atoms with Gasteiger partial charge in [-0.15, -0.1) is 0 Å². The van der Waals surface area contributed by atoms with Gasteiger partial charge >= 0.3 is 5.97 Å². The third kappa shape index (κ3) is 4.22. The Balaban J connectivity index is 2.80. The Morgan fingerprint density at radius 2 is 1.94 bits per heavy atom. The van der Waals surface area contributed by atoms with Gasteiger partial charge in [-0.2, -0.15) is 0 Å². The molecule has 0 aliphatic heterocycles. The van der Waals surface area contributed by atoms with E-state index >= 15 is 0 Å². The largest absolute Gasteiger partial charge is 0.461 e. The second kappa shape index (κ2) is 7.10. The predicted molar refractivity (Wildman–Crippen MR) is 69.9 cm³/mol. The lowest BCUT2D eigenvalue weighted by Gasteiger charge is -2.11. The van der Waals surface area contributed by atoms with Crippen LogP contribution in [0.25, 0.3) is 0 Å². The Morgan fingerprint density at radius 3 is 2.53 bits per heavy atom. The number of esters is 1. The quantitative estimate of drug-likeness (QED) is 0.702. The van der Waals surface area contributed by atoms with Gasteiger partial charge in [0.15, 0.2) is 0 Å². The van der Waals surface area contributed by atoms with Crippen molar-refractivity contribution < 1.29 is 9.53 Å². The average Bonchev–Trinajstić information content (AvgIpc) is 2.37. The van der Waals surface area contributed by atoms with Crippen LogP contribution < -0.4 is 0 Å². The molecule has 0 heterocycles. The maximum Gasteiger partial charge on any atom is 0.305 e. The number of rotatable bonds is 6. The van der Waals surface area contributed by atoms with Crippen LogP contribution >= 0.6 is 0 Å². The summed E-state index contributed by atoms with van der Waals surface area (Å²) in [6.45, 7) is 6.53. The van der Waals surface area contributed by atoms with Crippen LogP contribution in [-0.2, 0) is 29.0 Å². The molecule has 0 bridgehead atoms. The van der Waals surface area contributed by atoms with Gasteiger partial charge in [-0.05, 0) is 29.5 Å². The summed E-state index contributed by atoms with van der Waals surface area (Å²) in [7, 11) is 0. The fourth-order valence-corrected chi connectivity index (χ4v) is 1.81. The maximum absolute atomic E-state index is 11.2. The Hall–Kier alpha value is -1.31. The van der Waals surface area contributed by atoms with Crippen LogP contribution in [0, 0.1) is 0 Å². The molecular weight excluding hydrogens is 212 g/mol. The highest BCUT2D eigenvalue weighted by atomic mass is 16.5. The van der Waals surface area contributed by atoms with Crippen LogP contribution in [0.4, 0.5) is 0 Å². The van der Waals surface area contributed by atoms with Crippen molar-refractivity contribution in [2.45, 2.75) is 53.1 Å². The monoisotopic (exact) mass is 234 g/mol. The molecule has 0 spiro atoms. The molecule has 0 fully saturated rings. The molecule has 17 heavy (non-hydrogen) atoms. The second-order valence-corrected chi connectivity index (χ2v) is 4.22. The summed E-state index contributed by atoms with van der Waals surface area (Å²) >= 11 is 0. The molecule has 0 atom stereocenters. The van der Waals surface area contributed by atoms with Crippen LogP contribution in [0.1, 0.15) is 50.3 Å². The van der Waals surface area contributed by atoms with Crippen molar-refractivity contribution in [3.63, 3.8) is 0 Å². The van der Waals surface area contributed by atoms with E-state index in [4.69, 9.17) is 4.74 Å². The first-order chi connectivity index (χ1) is 8.21. The Bertz CT molecular complexity index is 369. The smallest absolute Gasteiger partial charge is 0.305 e. The molecule has 0 radical (unpaired) electrons. The van der Waals surface area contributed by atoms with E-state index in [0.717, 1.165) is 24.8 Å². The number of carbonyl (C=O) groups excluding carboxylic acids is 1. The fraction of sp³-hybridized carbons (Fsp3) is 0.533. The van der Waals surface area contributed by atoms with Crippen molar-refractivity contribution in [3.8, 4) is 0 Å². The summed E-state index contributed by atoms with van der Waals surface area (Å²) in [6, 6.07) is 6.49. The lowest BCUT2D eigenvalue weighted by Crippen LogP contribution is -2.05. The summed E-state index contributed by atoms with van der Waals surface area (Å²) in [5.41, 5.74) is 3.76. The highest BCUT2D eigenvalue weighted by Gasteiger charge is 2.06. The number of benzene rings is 1.